The Morgan fingerprint density at radius 3 is 2.74 bits per heavy atom. The van der Waals surface area contributed by atoms with Gasteiger partial charge in [0.05, 0.1) is 15.9 Å². The molecule has 2 rings (SSSR count). The molecule has 8 nitrogen and oxygen atoms in total. The lowest BCUT2D eigenvalue weighted by Gasteiger charge is -2.37. The van der Waals surface area contributed by atoms with Crippen molar-refractivity contribution in [2.75, 3.05) is 20.2 Å². The standard InChI is InChI=1S/C14H21N3O5S/c1-10-13(17(18)19)4-3-5-14(10)23(20,21)16-7-6-12(22-2)8-11(16)9-15/h3-5,11-12H,6-9,15H2,1-2H3. The fourth-order valence-electron chi connectivity index (χ4n) is 2.94. The monoisotopic (exact) mass is 343 g/mol. The summed E-state index contributed by atoms with van der Waals surface area (Å²) in [5, 5.41) is 11.0. The van der Waals surface area contributed by atoms with Gasteiger partial charge in [0.1, 0.15) is 0 Å². The van der Waals surface area contributed by atoms with Crippen LogP contribution in [0.25, 0.3) is 0 Å². The molecule has 1 aromatic carbocycles. The molecule has 0 saturated carbocycles. The zero-order valence-electron chi connectivity index (χ0n) is 13.1. The van der Waals surface area contributed by atoms with Crippen molar-refractivity contribution in [1.82, 2.24) is 4.31 Å². The van der Waals surface area contributed by atoms with E-state index in [9.17, 15) is 18.5 Å². The van der Waals surface area contributed by atoms with Crippen LogP contribution in [0.2, 0.25) is 0 Å². The molecular formula is C14H21N3O5S. The SMILES string of the molecule is COC1CCN(S(=O)(=O)c2cccc([N+](=O)[O-])c2C)C(CN)C1. The van der Waals surface area contributed by atoms with Crippen molar-refractivity contribution in [2.24, 2.45) is 5.73 Å². The lowest BCUT2D eigenvalue weighted by atomic mass is 10.0. The second-order valence-electron chi connectivity index (χ2n) is 5.54. The summed E-state index contributed by atoms with van der Waals surface area (Å²) in [6.45, 7) is 1.91. The van der Waals surface area contributed by atoms with Gasteiger partial charge in [0.25, 0.3) is 5.69 Å². The predicted molar refractivity (Wildman–Crippen MR) is 84.6 cm³/mol. The molecule has 0 bridgehead atoms. The summed E-state index contributed by atoms with van der Waals surface area (Å²) >= 11 is 0. The van der Waals surface area contributed by atoms with Crippen LogP contribution in [-0.2, 0) is 14.8 Å². The predicted octanol–water partition coefficient (Wildman–Crippen LogP) is 1.03. The van der Waals surface area contributed by atoms with Gasteiger partial charge in [-0.25, -0.2) is 8.42 Å². The number of methoxy groups -OCH3 is 1. The highest BCUT2D eigenvalue weighted by Gasteiger charge is 2.37. The molecule has 0 spiro atoms. The topological polar surface area (TPSA) is 116 Å². The number of hydrogen-bond donors (Lipinski definition) is 1. The molecular weight excluding hydrogens is 322 g/mol. The molecule has 2 unspecified atom stereocenters. The third-order valence-electron chi connectivity index (χ3n) is 4.26. The Morgan fingerprint density at radius 1 is 1.48 bits per heavy atom. The number of piperidine rings is 1. The van der Waals surface area contributed by atoms with Crippen LogP contribution in [0.3, 0.4) is 0 Å². The van der Waals surface area contributed by atoms with Crippen LogP contribution >= 0.6 is 0 Å². The zero-order valence-corrected chi connectivity index (χ0v) is 14.0. The maximum Gasteiger partial charge on any atom is 0.273 e. The summed E-state index contributed by atoms with van der Waals surface area (Å²) in [7, 11) is -2.26. The number of nitro groups is 1. The van der Waals surface area contributed by atoms with Crippen LogP contribution in [0, 0.1) is 17.0 Å². The normalized spacial score (nSPS) is 22.9. The van der Waals surface area contributed by atoms with E-state index in [-0.39, 0.29) is 41.4 Å². The summed E-state index contributed by atoms with van der Waals surface area (Å²) in [6, 6.07) is 3.70. The zero-order chi connectivity index (χ0) is 17.2. The van der Waals surface area contributed by atoms with E-state index in [4.69, 9.17) is 10.5 Å². The molecule has 1 aromatic rings. The first-order valence-electron chi connectivity index (χ1n) is 7.31. The van der Waals surface area contributed by atoms with Crippen molar-refractivity contribution >= 4 is 15.7 Å². The Labute approximate surface area is 135 Å². The minimum absolute atomic E-state index is 0.0267. The van der Waals surface area contributed by atoms with Crippen LogP contribution in [0.1, 0.15) is 18.4 Å². The summed E-state index contributed by atoms with van der Waals surface area (Å²) in [5.41, 5.74) is 5.67. The van der Waals surface area contributed by atoms with Crippen molar-refractivity contribution in [2.45, 2.75) is 36.8 Å². The number of ether oxygens (including phenoxy) is 1. The molecule has 9 heteroatoms. The highest BCUT2D eigenvalue weighted by molar-refractivity contribution is 7.89. The fraction of sp³-hybridized carbons (Fsp3) is 0.571. The van der Waals surface area contributed by atoms with Gasteiger partial charge in [-0.3, -0.25) is 10.1 Å². The van der Waals surface area contributed by atoms with Gasteiger partial charge in [-0.2, -0.15) is 4.31 Å². The number of nitrogens with zero attached hydrogens (tertiary/aromatic N) is 2. The smallest absolute Gasteiger partial charge is 0.273 e. The minimum Gasteiger partial charge on any atom is -0.381 e. The third kappa shape index (κ3) is 3.37. The molecule has 0 radical (unpaired) electrons. The lowest BCUT2D eigenvalue weighted by Crippen LogP contribution is -2.51. The average Bonchev–Trinajstić information content (AvgIpc) is 2.53. The van der Waals surface area contributed by atoms with Gasteiger partial charge in [-0.05, 0) is 25.8 Å². The van der Waals surface area contributed by atoms with E-state index < -0.39 is 14.9 Å². The molecule has 2 atom stereocenters. The van der Waals surface area contributed by atoms with Gasteiger partial charge in [0.15, 0.2) is 0 Å². The summed E-state index contributed by atoms with van der Waals surface area (Å²) in [6.07, 6.45) is 1.06. The van der Waals surface area contributed by atoms with Gasteiger partial charge in [0, 0.05) is 37.9 Å². The maximum atomic E-state index is 13.0. The second-order valence-corrected chi connectivity index (χ2v) is 7.40. The number of nitrogens with two attached hydrogens (primary N) is 1. The molecule has 0 aromatic heterocycles. The van der Waals surface area contributed by atoms with Gasteiger partial charge >= 0.3 is 0 Å². The average molecular weight is 343 g/mol. The van der Waals surface area contributed by atoms with E-state index in [1.807, 2.05) is 0 Å². The molecule has 1 saturated heterocycles. The molecule has 128 valence electrons. The molecule has 1 aliphatic heterocycles. The first-order valence-corrected chi connectivity index (χ1v) is 8.75. The number of hydrogen-bond acceptors (Lipinski definition) is 6. The molecule has 1 heterocycles. The Hall–Kier alpha value is -1.55. The van der Waals surface area contributed by atoms with E-state index in [0.717, 1.165) is 0 Å². The number of rotatable bonds is 5. The van der Waals surface area contributed by atoms with E-state index in [1.165, 1.54) is 29.4 Å². The minimum atomic E-state index is -3.85. The second kappa shape index (κ2) is 6.91. The van der Waals surface area contributed by atoms with E-state index in [2.05, 4.69) is 0 Å². The Bertz CT molecular complexity index is 692. The van der Waals surface area contributed by atoms with Crippen LogP contribution in [-0.4, -0.2) is 50.0 Å². The van der Waals surface area contributed by atoms with Crippen molar-refractivity contribution in [1.29, 1.82) is 0 Å². The Balaban J connectivity index is 2.42. The number of benzene rings is 1. The van der Waals surface area contributed by atoms with Crippen LogP contribution in [0.15, 0.2) is 23.1 Å². The highest BCUT2D eigenvalue weighted by atomic mass is 32.2. The summed E-state index contributed by atoms with van der Waals surface area (Å²) < 4.78 is 32.5. The van der Waals surface area contributed by atoms with E-state index in [0.29, 0.717) is 12.8 Å². The van der Waals surface area contributed by atoms with Crippen LogP contribution in [0.5, 0.6) is 0 Å². The molecule has 1 aliphatic rings. The van der Waals surface area contributed by atoms with Gasteiger partial charge in [-0.1, -0.05) is 6.07 Å². The molecule has 23 heavy (non-hydrogen) atoms. The largest absolute Gasteiger partial charge is 0.381 e. The van der Waals surface area contributed by atoms with Gasteiger partial charge < -0.3 is 10.5 Å². The molecule has 0 aliphatic carbocycles. The van der Waals surface area contributed by atoms with Crippen molar-refractivity contribution in [3.63, 3.8) is 0 Å². The van der Waals surface area contributed by atoms with E-state index in [1.54, 1.807) is 7.11 Å². The Morgan fingerprint density at radius 2 is 2.17 bits per heavy atom. The van der Waals surface area contributed by atoms with Gasteiger partial charge in [0.2, 0.25) is 10.0 Å². The third-order valence-corrected chi connectivity index (χ3v) is 6.35. The van der Waals surface area contributed by atoms with Crippen molar-refractivity contribution in [3.05, 3.63) is 33.9 Å². The number of nitro benzene ring substituents is 1. The van der Waals surface area contributed by atoms with Crippen molar-refractivity contribution in [3.8, 4) is 0 Å². The first-order chi connectivity index (χ1) is 10.8. The van der Waals surface area contributed by atoms with E-state index >= 15 is 0 Å². The molecule has 0 amide bonds. The molecule has 1 fully saturated rings. The fourth-order valence-corrected chi connectivity index (χ4v) is 4.85. The maximum absolute atomic E-state index is 13.0. The lowest BCUT2D eigenvalue weighted by molar-refractivity contribution is -0.385. The Kier molecular flexibility index (Phi) is 5.35. The number of sulfonamides is 1. The summed E-state index contributed by atoms with van der Waals surface area (Å²) in [4.78, 5) is 10.4. The van der Waals surface area contributed by atoms with Crippen LogP contribution < -0.4 is 5.73 Å². The van der Waals surface area contributed by atoms with Gasteiger partial charge in [-0.15, -0.1) is 0 Å². The molecule has 2 N–H and O–H groups in total. The summed E-state index contributed by atoms with van der Waals surface area (Å²) in [5.74, 6) is 0. The highest BCUT2D eigenvalue weighted by Crippen LogP contribution is 2.31. The first kappa shape index (κ1) is 17.8. The van der Waals surface area contributed by atoms with Crippen molar-refractivity contribution < 1.29 is 18.1 Å². The quantitative estimate of drug-likeness (QED) is 0.630. The van der Waals surface area contributed by atoms with Crippen LogP contribution in [0.4, 0.5) is 5.69 Å².